The van der Waals surface area contributed by atoms with Gasteiger partial charge in [0.15, 0.2) is 0 Å². The van der Waals surface area contributed by atoms with Gasteiger partial charge >= 0.3 is 6.03 Å². The van der Waals surface area contributed by atoms with Crippen LogP contribution < -0.4 is 16.4 Å². The zero-order valence-electron chi connectivity index (χ0n) is 9.49. The van der Waals surface area contributed by atoms with Crippen molar-refractivity contribution in [3.8, 4) is 0 Å². The quantitative estimate of drug-likeness (QED) is 0.634. The molecule has 6 heteroatoms. The van der Waals surface area contributed by atoms with Crippen LogP contribution in [0.5, 0.6) is 0 Å². The summed E-state index contributed by atoms with van der Waals surface area (Å²) in [5.41, 5.74) is 5.40. The van der Waals surface area contributed by atoms with Gasteiger partial charge in [-0.2, -0.15) is 0 Å². The molecule has 5 nitrogen and oxygen atoms in total. The molecule has 3 amide bonds. The Kier molecular flexibility index (Phi) is 5.62. The molecule has 0 radical (unpaired) electrons. The molecule has 0 heterocycles. The number of urea groups is 1. The normalized spacial score (nSPS) is 16.6. The van der Waals surface area contributed by atoms with Crippen molar-refractivity contribution in [2.45, 2.75) is 37.5 Å². The number of carbonyl (C=O) groups excluding carboxylic acids is 2. The minimum Gasteiger partial charge on any atom is -0.335 e. The van der Waals surface area contributed by atoms with Crippen LogP contribution in [0.4, 0.5) is 4.79 Å². The minimum absolute atomic E-state index is 0.243. The molecule has 1 rings (SSSR count). The Hall–Kier alpha value is -0.750. The summed E-state index contributed by atoms with van der Waals surface area (Å²) >= 11 is 1.51. The highest BCUT2D eigenvalue weighted by Crippen LogP contribution is 2.18. The molecule has 92 valence electrons. The fourth-order valence-corrected chi connectivity index (χ4v) is 1.96. The molecule has 1 aliphatic carbocycles. The van der Waals surface area contributed by atoms with Crippen LogP contribution in [0.25, 0.3) is 0 Å². The maximum absolute atomic E-state index is 11.3. The second-order valence-electron chi connectivity index (χ2n) is 3.99. The van der Waals surface area contributed by atoms with Crippen molar-refractivity contribution in [3.05, 3.63) is 0 Å². The van der Waals surface area contributed by atoms with Gasteiger partial charge in [-0.3, -0.25) is 10.1 Å². The monoisotopic (exact) mass is 245 g/mol. The van der Waals surface area contributed by atoms with Crippen molar-refractivity contribution in [2.24, 2.45) is 5.73 Å². The van der Waals surface area contributed by atoms with E-state index in [1.807, 2.05) is 6.92 Å². The number of imide groups is 1. The number of amides is 3. The second kappa shape index (κ2) is 6.75. The van der Waals surface area contributed by atoms with E-state index < -0.39 is 0 Å². The van der Waals surface area contributed by atoms with Gasteiger partial charge in [-0.1, -0.05) is 6.92 Å². The Morgan fingerprint density at radius 3 is 2.75 bits per heavy atom. The summed E-state index contributed by atoms with van der Waals surface area (Å²) in [5.74, 6) is 0.0613. The van der Waals surface area contributed by atoms with Crippen LogP contribution in [0.3, 0.4) is 0 Å². The Labute approximate surface area is 99.9 Å². The molecular formula is C10H19N3O2S. The first kappa shape index (κ1) is 13.3. The molecule has 1 fully saturated rings. The van der Waals surface area contributed by atoms with Gasteiger partial charge in [0.05, 0.1) is 5.75 Å². The van der Waals surface area contributed by atoms with Crippen molar-refractivity contribution in [1.29, 1.82) is 0 Å². The number of carbonyl (C=O) groups is 2. The van der Waals surface area contributed by atoms with Gasteiger partial charge in [-0.15, -0.1) is 11.8 Å². The molecular weight excluding hydrogens is 226 g/mol. The lowest BCUT2D eigenvalue weighted by molar-refractivity contribution is -0.117. The molecule has 1 saturated carbocycles. The van der Waals surface area contributed by atoms with Gasteiger partial charge in [-0.25, -0.2) is 4.79 Å². The third-order valence-corrected chi connectivity index (χ3v) is 3.47. The predicted molar refractivity (Wildman–Crippen MR) is 65.3 cm³/mol. The molecule has 1 atom stereocenters. The Morgan fingerprint density at radius 2 is 2.19 bits per heavy atom. The highest BCUT2D eigenvalue weighted by Gasteiger charge is 2.23. The molecule has 0 aromatic heterocycles. The highest BCUT2D eigenvalue weighted by molar-refractivity contribution is 8.00. The van der Waals surface area contributed by atoms with Crippen molar-refractivity contribution >= 4 is 23.7 Å². The number of hydrogen-bond acceptors (Lipinski definition) is 4. The zero-order valence-corrected chi connectivity index (χ0v) is 10.3. The molecule has 1 aliphatic rings. The van der Waals surface area contributed by atoms with E-state index in [0.717, 1.165) is 19.3 Å². The van der Waals surface area contributed by atoms with E-state index in [-0.39, 0.29) is 18.0 Å². The third-order valence-electron chi connectivity index (χ3n) is 2.24. The summed E-state index contributed by atoms with van der Waals surface area (Å²) in [7, 11) is 0. The standard InChI is InChI=1S/C10H19N3O2S/c1-7(4-5-11)16-6-9(14)13-10(15)12-8-2-3-8/h7-8H,2-6,11H2,1H3,(H2,12,13,14,15). The fraction of sp³-hybridized carbons (Fsp3) is 0.800. The SMILES string of the molecule is CC(CCN)SCC(=O)NC(=O)NC1CC1. The van der Waals surface area contributed by atoms with Gasteiger partial charge in [0, 0.05) is 11.3 Å². The Bertz CT molecular complexity index is 256. The lowest BCUT2D eigenvalue weighted by Crippen LogP contribution is -2.41. The molecule has 0 spiro atoms. The van der Waals surface area contributed by atoms with Crippen LogP contribution in [0.1, 0.15) is 26.2 Å². The first-order valence-electron chi connectivity index (χ1n) is 5.54. The van der Waals surface area contributed by atoms with Gasteiger partial charge in [-0.05, 0) is 25.8 Å². The van der Waals surface area contributed by atoms with Crippen LogP contribution in [0.15, 0.2) is 0 Å². The smallest absolute Gasteiger partial charge is 0.321 e. The van der Waals surface area contributed by atoms with Crippen LogP contribution in [-0.4, -0.2) is 35.5 Å². The van der Waals surface area contributed by atoms with Gasteiger partial charge in [0.1, 0.15) is 0 Å². The molecule has 0 aromatic carbocycles. The summed E-state index contributed by atoms with van der Waals surface area (Å²) in [6.07, 6.45) is 2.92. The van der Waals surface area contributed by atoms with E-state index >= 15 is 0 Å². The summed E-state index contributed by atoms with van der Waals surface area (Å²) in [6.45, 7) is 2.65. The predicted octanol–water partition coefficient (Wildman–Crippen LogP) is 0.445. The number of thioether (sulfide) groups is 1. The van der Waals surface area contributed by atoms with Crippen molar-refractivity contribution in [3.63, 3.8) is 0 Å². The minimum atomic E-state index is -0.375. The summed E-state index contributed by atoms with van der Waals surface area (Å²) in [6, 6.07) is -0.101. The number of nitrogens with one attached hydrogen (secondary N) is 2. The summed E-state index contributed by atoms with van der Waals surface area (Å²) in [5, 5.41) is 5.35. The van der Waals surface area contributed by atoms with Crippen LogP contribution in [-0.2, 0) is 4.79 Å². The largest absolute Gasteiger partial charge is 0.335 e. The van der Waals surface area contributed by atoms with Crippen LogP contribution in [0, 0.1) is 0 Å². The maximum atomic E-state index is 11.3. The summed E-state index contributed by atoms with van der Waals surface area (Å²) in [4.78, 5) is 22.5. The topological polar surface area (TPSA) is 84.2 Å². The van der Waals surface area contributed by atoms with Gasteiger partial charge < -0.3 is 11.1 Å². The molecule has 4 N–H and O–H groups in total. The van der Waals surface area contributed by atoms with E-state index in [1.165, 1.54) is 11.8 Å². The van der Waals surface area contributed by atoms with Crippen molar-refractivity contribution < 1.29 is 9.59 Å². The van der Waals surface area contributed by atoms with E-state index in [4.69, 9.17) is 5.73 Å². The Balaban J connectivity index is 2.07. The first-order valence-corrected chi connectivity index (χ1v) is 6.58. The molecule has 0 aromatic rings. The van der Waals surface area contributed by atoms with E-state index in [1.54, 1.807) is 0 Å². The number of rotatable bonds is 6. The first-order chi connectivity index (χ1) is 7.61. The summed E-state index contributed by atoms with van der Waals surface area (Å²) < 4.78 is 0. The van der Waals surface area contributed by atoms with E-state index in [2.05, 4.69) is 10.6 Å². The lowest BCUT2D eigenvalue weighted by atomic mass is 10.3. The fourth-order valence-electron chi connectivity index (χ4n) is 1.15. The second-order valence-corrected chi connectivity index (χ2v) is 5.42. The zero-order chi connectivity index (χ0) is 12.0. The van der Waals surface area contributed by atoms with Crippen LogP contribution >= 0.6 is 11.8 Å². The molecule has 0 saturated heterocycles. The van der Waals surface area contributed by atoms with Gasteiger partial charge in [0.25, 0.3) is 0 Å². The lowest BCUT2D eigenvalue weighted by Gasteiger charge is -2.09. The Morgan fingerprint density at radius 1 is 1.50 bits per heavy atom. The molecule has 16 heavy (non-hydrogen) atoms. The average molecular weight is 245 g/mol. The van der Waals surface area contributed by atoms with Crippen LogP contribution in [0.2, 0.25) is 0 Å². The maximum Gasteiger partial charge on any atom is 0.321 e. The van der Waals surface area contributed by atoms with Crippen molar-refractivity contribution in [1.82, 2.24) is 10.6 Å². The molecule has 0 bridgehead atoms. The van der Waals surface area contributed by atoms with Crippen molar-refractivity contribution in [2.75, 3.05) is 12.3 Å². The molecule has 0 aliphatic heterocycles. The number of hydrogen-bond donors (Lipinski definition) is 3. The van der Waals surface area contributed by atoms with E-state index in [0.29, 0.717) is 17.5 Å². The highest BCUT2D eigenvalue weighted by atomic mass is 32.2. The van der Waals surface area contributed by atoms with Gasteiger partial charge in [0.2, 0.25) is 5.91 Å². The third kappa shape index (κ3) is 5.97. The van der Waals surface area contributed by atoms with E-state index in [9.17, 15) is 9.59 Å². The average Bonchev–Trinajstić information content (AvgIpc) is 2.99. The molecule has 1 unspecified atom stereocenters. The number of nitrogens with two attached hydrogens (primary N) is 1.